The topological polar surface area (TPSA) is 67.7 Å². The lowest BCUT2D eigenvalue weighted by molar-refractivity contribution is 0.101. The van der Waals surface area contributed by atoms with E-state index in [-0.39, 0.29) is 5.92 Å². The highest BCUT2D eigenvalue weighted by Crippen LogP contribution is 2.32. The first-order valence-electron chi connectivity index (χ1n) is 8.23. The van der Waals surface area contributed by atoms with Crippen LogP contribution in [0.2, 0.25) is 0 Å². The average Bonchev–Trinajstić information content (AvgIpc) is 3.23. The van der Waals surface area contributed by atoms with Gasteiger partial charge in [0, 0.05) is 51.5 Å². The molecular weight excluding hydrogens is 316 g/mol. The van der Waals surface area contributed by atoms with E-state index in [0.717, 1.165) is 24.4 Å². The first-order chi connectivity index (χ1) is 10.9. The summed E-state index contributed by atoms with van der Waals surface area (Å²) in [6.45, 7) is 4.94. The van der Waals surface area contributed by atoms with Crippen LogP contribution in [-0.2, 0) is 28.0 Å². The summed E-state index contributed by atoms with van der Waals surface area (Å²) in [5, 5.41) is 4.53. The van der Waals surface area contributed by atoms with Gasteiger partial charge in [0.1, 0.15) is 0 Å². The molecule has 1 atom stereocenters. The Morgan fingerprint density at radius 3 is 2.70 bits per heavy atom. The van der Waals surface area contributed by atoms with E-state index < -0.39 is 10.2 Å². The third-order valence-corrected chi connectivity index (χ3v) is 6.40. The fourth-order valence-electron chi connectivity index (χ4n) is 2.89. The first-order valence-corrected chi connectivity index (χ1v) is 9.63. The molecule has 3 rings (SSSR count). The van der Waals surface area contributed by atoms with Crippen LogP contribution in [0.3, 0.4) is 0 Å². The van der Waals surface area contributed by atoms with Crippen molar-refractivity contribution in [2.45, 2.75) is 38.8 Å². The Labute approximate surface area is 138 Å². The molecule has 2 aliphatic rings. The highest BCUT2D eigenvalue weighted by atomic mass is 32.2. The molecule has 0 aromatic carbocycles. The highest BCUT2D eigenvalue weighted by Gasteiger charge is 2.35. The molecule has 1 aliphatic carbocycles. The van der Waals surface area contributed by atoms with E-state index in [1.807, 2.05) is 17.8 Å². The molecule has 2 heterocycles. The molecule has 1 aromatic heterocycles. The molecule has 1 aromatic rings. The van der Waals surface area contributed by atoms with Gasteiger partial charge in [-0.15, -0.1) is 0 Å². The van der Waals surface area contributed by atoms with E-state index >= 15 is 0 Å². The van der Waals surface area contributed by atoms with Gasteiger partial charge in [-0.1, -0.05) is 0 Å². The Morgan fingerprint density at radius 1 is 1.35 bits per heavy atom. The van der Waals surface area contributed by atoms with E-state index in [1.165, 1.54) is 21.5 Å². The molecule has 0 unspecified atom stereocenters. The lowest BCUT2D eigenvalue weighted by Crippen LogP contribution is -2.44. The van der Waals surface area contributed by atoms with Crippen molar-refractivity contribution in [3.05, 3.63) is 17.5 Å². The lowest BCUT2D eigenvalue weighted by atomic mass is 9.97. The number of aromatic nitrogens is 2. The summed E-state index contributed by atoms with van der Waals surface area (Å²) in [7, 11) is -0.313. The van der Waals surface area contributed by atoms with Crippen molar-refractivity contribution in [2.75, 3.05) is 33.9 Å². The van der Waals surface area contributed by atoms with E-state index in [4.69, 9.17) is 4.74 Å². The Kier molecular flexibility index (Phi) is 4.78. The Balaban J connectivity index is 1.79. The highest BCUT2D eigenvalue weighted by molar-refractivity contribution is 7.86. The second-order valence-corrected chi connectivity index (χ2v) is 8.79. The monoisotopic (exact) mass is 342 g/mol. The number of fused-ring (bicyclic) bond motifs is 1. The molecule has 8 heteroatoms. The number of aryl methyl sites for hydroxylation is 1. The van der Waals surface area contributed by atoms with E-state index in [1.54, 1.807) is 14.1 Å². The summed E-state index contributed by atoms with van der Waals surface area (Å²) in [5.41, 5.74) is 1.98. The summed E-state index contributed by atoms with van der Waals surface area (Å²) in [6.07, 6.45) is 4.55. The van der Waals surface area contributed by atoms with Crippen molar-refractivity contribution in [1.29, 1.82) is 0 Å². The molecule has 23 heavy (non-hydrogen) atoms. The molecule has 0 bridgehead atoms. The summed E-state index contributed by atoms with van der Waals surface area (Å²) in [4.78, 5) is 0. The standard InChI is InChI=1S/C15H26N4O3S/c1-4-18-8-14-13(11-22-10-12-5-6-12)7-19(9-15(14)16-18)23(20,21)17(2)3/h8,12-13H,4-7,9-11H2,1-3H3/t13-/m0/s1. The van der Waals surface area contributed by atoms with Gasteiger partial charge in [0.25, 0.3) is 10.2 Å². The van der Waals surface area contributed by atoms with E-state index in [2.05, 4.69) is 5.10 Å². The summed E-state index contributed by atoms with van der Waals surface area (Å²) in [6, 6.07) is 0. The third-order valence-electron chi connectivity index (χ3n) is 4.54. The van der Waals surface area contributed by atoms with Gasteiger partial charge in [-0.25, -0.2) is 0 Å². The average molecular weight is 342 g/mol. The van der Waals surface area contributed by atoms with Gasteiger partial charge in [0.2, 0.25) is 0 Å². The van der Waals surface area contributed by atoms with Crippen molar-refractivity contribution in [3.8, 4) is 0 Å². The number of hydrogen-bond acceptors (Lipinski definition) is 4. The molecule has 1 fully saturated rings. The number of ether oxygens (including phenoxy) is 1. The van der Waals surface area contributed by atoms with Gasteiger partial charge < -0.3 is 4.74 Å². The quantitative estimate of drug-likeness (QED) is 0.742. The predicted molar refractivity (Wildman–Crippen MR) is 87.2 cm³/mol. The minimum Gasteiger partial charge on any atom is -0.380 e. The first kappa shape index (κ1) is 16.9. The molecule has 1 aliphatic heterocycles. The Morgan fingerprint density at radius 2 is 2.09 bits per heavy atom. The fourth-order valence-corrected chi connectivity index (χ4v) is 4.00. The van der Waals surface area contributed by atoms with Crippen LogP contribution in [0.15, 0.2) is 6.20 Å². The molecule has 0 saturated heterocycles. The van der Waals surface area contributed by atoms with Crippen LogP contribution < -0.4 is 0 Å². The largest absolute Gasteiger partial charge is 0.380 e. The Bertz CT molecular complexity index is 652. The zero-order chi connectivity index (χ0) is 16.6. The minimum absolute atomic E-state index is 0.0486. The van der Waals surface area contributed by atoms with Gasteiger partial charge in [-0.3, -0.25) is 4.68 Å². The maximum absolute atomic E-state index is 12.5. The molecule has 1 saturated carbocycles. The van der Waals surface area contributed by atoms with Crippen molar-refractivity contribution in [1.82, 2.24) is 18.4 Å². The van der Waals surface area contributed by atoms with Crippen molar-refractivity contribution < 1.29 is 13.2 Å². The van der Waals surface area contributed by atoms with Crippen molar-refractivity contribution in [2.24, 2.45) is 5.92 Å². The molecule has 7 nitrogen and oxygen atoms in total. The molecular formula is C15H26N4O3S. The van der Waals surface area contributed by atoms with Crippen LogP contribution >= 0.6 is 0 Å². The lowest BCUT2D eigenvalue weighted by Gasteiger charge is -2.32. The summed E-state index contributed by atoms with van der Waals surface area (Å²) in [5.74, 6) is 0.755. The predicted octanol–water partition coefficient (Wildman–Crippen LogP) is 1.04. The van der Waals surface area contributed by atoms with Crippen LogP contribution in [-0.4, -0.2) is 60.7 Å². The second-order valence-electron chi connectivity index (χ2n) is 6.65. The van der Waals surface area contributed by atoms with Gasteiger partial charge >= 0.3 is 0 Å². The normalized spacial score (nSPS) is 22.5. The molecule has 0 amide bonds. The van der Waals surface area contributed by atoms with Crippen LogP contribution in [0.25, 0.3) is 0 Å². The van der Waals surface area contributed by atoms with Crippen LogP contribution in [0.1, 0.15) is 36.9 Å². The smallest absolute Gasteiger partial charge is 0.281 e. The Hall–Kier alpha value is -0.960. The number of rotatable bonds is 7. The van der Waals surface area contributed by atoms with Gasteiger partial charge in [-0.2, -0.15) is 22.1 Å². The van der Waals surface area contributed by atoms with Crippen molar-refractivity contribution >= 4 is 10.2 Å². The third kappa shape index (κ3) is 3.60. The van der Waals surface area contributed by atoms with Gasteiger partial charge in [-0.05, 0) is 25.7 Å². The van der Waals surface area contributed by atoms with Gasteiger partial charge in [0.15, 0.2) is 0 Å². The fraction of sp³-hybridized carbons (Fsp3) is 0.800. The van der Waals surface area contributed by atoms with Crippen LogP contribution in [0.4, 0.5) is 0 Å². The minimum atomic E-state index is -3.44. The van der Waals surface area contributed by atoms with Crippen molar-refractivity contribution in [3.63, 3.8) is 0 Å². The summed E-state index contributed by atoms with van der Waals surface area (Å²) >= 11 is 0. The maximum Gasteiger partial charge on any atom is 0.281 e. The zero-order valence-corrected chi connectivity index (χ0v) is 14.9. The number of hydrogen-bond donors (Lipinski definition) is 0. The van der Waals surface area contributed by atoms with Crippen LogP contribution in [0, 0.1) is 5.92 Å². The zero-order valence-electron chi connectivity index (χ0n) is 14.1. The summed E-state index contributed by atoms with van der Waals surface area (Å²) < 4.78 is 35.5. The van der Waals surface area contributed by atoms with Crippen LogP contribution in [0.5, 0.6) is 0 Å². The molecule has 0 N–H and O–H groups in total. The SMILES string of the molecule is CCn1cc2c(n1)CN(S(=O)(=O)N(C)C)C[C@H]2COCC1CC1. The number of nitrogens with zero attached hydrogens (tertiary/aromatic N) is 4. The molecule has 130 valence electrons. The maximum atomic E-state index is 12.5. The molecule has 0 radical (unpaired) electrons. The van der Waals surface area contributed by atoms with E-state index in [9.17, 15) is 8.42 Å². The molecule has 0 spiro atoms. The van der Waals surface area contributed by atoms with Gasteiger partial charge in [0.05, 0.1) is 18.8 Å². The van der Waals surface area contributed by atoms with E-state index in [0.29, 0.717) is 25.6 Å². The second kappa shape index (κ2) is 6.51.